The Hall–Kier alpha value is -3.19. The average Bonchev–Trinajstić information content (AvgIpc) is 3.32. The second-order valence-corrected chi connectivity index (χ2v) is 7.03. The molecule has 28 heavy (non-hydrogen) atoms. The van der Waals surface area contributed by atoms with Crippen LogP contribution in [-0.2, 0) is 17.8 Å². The Balaban J connectivity index is 1.68. The van der Waals surface area contributed by atoms with Gasteiger partial charge < -0.3 is 15.4 Å². The van der Waals surface area contributed by atoms with E-state index < -0.39 is 0 Å². The molecule has 3 aromatic heterocycles. The van der Waals surface area contributed by atoms with Gasteiger partial charge in [-0.15, -0.1) is 0 Å². The number of methoxy groups -OCH3 is 1. The zero-order valence-electron chi connectivity index (χ0n) is 15.8. The summed E-state index contributed by atoms with van der Waals surface area (Å²) in [6, 6.07) is 0. The van der Waals surface area contributed by atoms with Gasteiger partial charge in [0.05, 0.1) is 24.7 Å². The Bertz CT molecular complexity index is 1000. The van der Waals surface area contributed by atoms with Crippen LogP contribution in [0.4, 0.5) is 5.82 Å². The van der Waals surface area contributed by atoms with Crippen LogP contribution < -0.4 is 5.73 Å². The second-order valence-electron chi connectivity index (χ2n) is 7.03. The molecule has 0 spiro atoms. The molecule has 3 aromatic rings. The third kappa shape index (κ3) is 3.48. The molecule has 1 aliphatic heterocycles. The number of anilines is 1. The lowest BCUT2D eigenvalue weighted by Gasteiger charge is -2.28. The van der Waals surface area contributed by atoms with Crippen LogP contribution in [0.2, 0.25) is 0 Å². The highest BCUT2D eigenvalue weighted by atomic mass is 16.5. The van der Waals surface area contributed by atoms with Gasteiger partial charge in [0.1, 0.15) is 17.8 Å². The molecule has 4 rings (SSSR count). The van der Waals surface area contributed by atoms with Crippen molar-refractivity contribution in [1.29, 1.82) is 5.26 Å². The van der Waals surface area contributed by atoms with Crippen LogP contribution in [0, 0.1) is 17.4 Å². The molecule has 10 heteroatoms. The molecular weight excluding hydrogens is 358 g/mol. The number of nitrogens with zero attached hydrogens (tertiary/aromatic N) is 8. The molecule has 146 valence electrons. The Morgan fingerprint density at radius 1 is 1.39 bits per heavy atom. The molecule has 4 heterocycles. The average molecular weight is 381 g/mol. The summed E-state index contributed by atoms with van der Waals surface area (Å²) in [6.07, 6.45) is 9.48. The molecule has 0 saturated carbocycles. The zero-order chi connectivity index (χ0) is 19.5. The number of nitrogens with two attached hydrogens (primary N) is 1. The fraction of sp³-hybridized carbons (Fsp3) is 0.500. The van der Waals surface area contributed by atoms with Crippen molar-refractivity contribution in [3.63, 3.8) is 0 Å². The first-order valence-electron chi connectivity index (χ1n) is 9.33. The van der Waals surface area contributed by atoms with Crippen molar-refractivity contribution < 1.29 is 4.74 Å². The molecular formula is C18H23N9O. The third-order valence-corrected chi connectivity index (χ3v) is 5.08. The number of piperidine rings is 1. The summed E-state index contributed by atoms with van der Waals surface area (Å²) >= 11 is 0. The van der Waals surface area contributed by atoms with Gasteiger partial charge in [-0.2, -0.15) is 15.5 Å². The highest BCUT2D eigenvalue weighted by Crippen LogP contribution is 2.31. The van der Waals surface area contributed by atoms with Crippen LogP contribution in [0.5, 0.6) is 0 Å². The highest BCUT2D eigenvalue weighted by molar-refractivity contribution is 5.97. The molecule has 1 aliphatic rings. The fourth-order valence-electron chi connectivity index (χ4n) is 3.70. The van der Waals surface area contributed by atoms with Crippen molar-refractivity contribution >= 4 is 16.9 Å². The molecule has 0 amide bonds. The fourth-order valence-corrected chi connectivity index (χ4v) is 3.70. The standard InChI is InChI=1S/C18H23N9O/c1-28-6-5-26-10-14(7-23-26)16-15-17(20)21-12-22-18(15)27(24-16)9-13-3-2-4-25(8-13)11-19/h7,10,12-13H,2-6,8-9H2,1H3,(H2,20,21,22). The predicted molar refractivity (Wildman–Crippen MR) is 103 cm³/mol. The smallest absolute Gasteiger partial charge is 0.179 e. The number of nitrogen functional groups attached to an aromatic ring is 1. The molecule has 2 N–H and O–H groups in total. The zero-order valence-corrected chi connectivity index (χ0v) is 15.8. The molecule has 0 aromatic carbocycles. The minimum absolute atomic E-state index is 0.338. The SMILES string of the molecule is COCCn1cc(-c2nn(CC3CCCN(C#N)C3)c3ncnc(N)c23)cn1. The van der Waals surface area contributed by atoms with E-state index in [9.17, 15) is 5.26 Å². The van der Waals surface area contributed by atoms with Crippen LogP contribution >= 0.6 is 0 Å². The molecule has 1 saturated heterocycles. The van der Waals surface area contributed by atoms with Crippen molar-refractivity contribution in [2.45, 2.75) is 25.9 Å². The topological polar surface area (TPSA) is 124 Å². The van der Waals surface area contributed by atoms with E-state index in [1.807, 2.05) is 20.5 Å². The quantitative estimate of drug-likeness (QED) is 0.630. The number of ether oxygens (including phenoxy) is 1. The van der Waals surface area contributed by atoms with Crippen molar-refractivity contribution in [3.05, 3.63) is 18.7 Å². The van der Waals surface area contributed by atoms with Gasteiger partial charge >= 0.3 is 0 Å². The van der Waals surface area contributed by atoms with Gasteiger partial charge in [0.15, 0.2) is 11.8 Å². The minimum Gasteiger partial charge on any atom is -0.383 e. The number of likely N-dealkylation sites (tertiary alicyclic amines) is 1. The maximum Gasteiger partial charge on any atom is 0.179 e. The summed E-state index contributed by atoms with van der Waals surface area (Å²) in [5, 5.41) is 19.1. The maximum absolute atomic E-state index is 9.20. The second kappa shape index (κ2) is 7.82. The van der Waals surface area contributed by atoms with Gasteiger partial charge in [0, 0.05) is 38.5 Å². The van der Waals surface area contributed by atoms with Crippen molar-refractivity contribution in [3.8, 4) is 17.5 Å². The maximum atomic E-state index is 9.20. The first kappa shape index (κ1) is 18.2. The van der Waals surface area contributed by atoms with E-state index in [0.717, 1.165) is 42.6 Å². The minimum atomic E-state index is 0.338. The van der Waals surface area contributed by atoms with Crippen LogP contribution in [0.15, 0.2) is 18.7 Å². The molecule has 1 atom stereocenters. The van der Waals surface area contributed by atoms with Gasteiger partial charge in [0.2, 0.25) is 0 Å². The van der Waals surface area contributed by atoms with Gasteiger partial charge in [-0.05, 0) is 18.8 Å². The highest BCUT2D eigenvalue weighted by Gasteiger charge is 2.23. The lowest BCUT2D eigenvalue weighted by molar-refractivity contribution is 0.183. The lowest BCUT2D eigenvalue weighted by atomic mass is 9.98. The predicted octanol–water partition coefficient (Wildman–Crippen LogP) is 1.11. The van der Waals surface area contributed by atoms with Crippen molar-refractivity contribution in [2.75, 3.05) is 32.5 Å². The van der Waals surface area contributed by atoms with Gasteiger partial charge in [-0.25, -0.2) is 14.6 Å². The summed E-state index contributed by atoms with van der Waals surface area (Å²) in [5.41, 5.74) is 8.47. The Labute approximate surface area is 162 Å². The summed E-state index contributed by atoms with van der Waals surface area (Å²) in [7, 11) is 1.66. The Morgan fingerprint density at radius 2 is 2.29 bits per heavy atom. The number of nitriles is 1. The van der Waals surface area contributed by atoms with Crippen LogP contribution in [0.1, 0.15) is 12.8 Å². The third-order valence-electron chi connectivity index (χ3n) is 5.08. The lowest BCUT2D eigenvalue weighted by Crippen LogP contribution is -2.34. The van der Waals surface area contributed by atoms with E-state index in [-0.39, 0.29) is 0 Å². The molecule has 1 unspecified atom stereocenters. The summed E-state index contributed by atoms with van der Waals surface area (Å²) in [4.78, 5) is 10.4. The molecule has 1 fully saturated rings. The number of hydrogen-bond acceptors (Lipinski definition) is 8. The van der Waals surface area contributed by atoms with E-state index in [4.69, 9.17) is 15.6 Å². The van der Waals surface area contributed by atoms with Crippen LogP contribution in [-0.4, -0.2) is 61.2 Å². The van der Waals surface area contributed by atoms with Gasteiger partial charge in [-0.1, -0.05) is 0 Å². The molecule has 0 radical (unpaired) electrons. The Kier molecular flexibility index (Phi) is 5.08. The Morgan fingerprint density at radius 3 is 3.11 bits per heavy atom. The van der Waals surface area contributed by atoms with Crippen LogP contribution in [0.3, 0.4) is 0 Å². The van der Waals surface area contributed by atoms with E-state index in [1.54, 1.807) is 13.3 Å². The largest absolute Gasteiger partial charge is 0.383 e. The van der Waals surface area contributed by atoms with E-state index in [2.05, 4.69) is 21.3 Å². The van der Waals surface area contributed by atoms with Crippen molar-refractivity contribution in [1.82, 2.24) is 34.4 Å². The van der Waals surface area contributed by atoms with Gasteiger partial charge in [-0.3, -0.25) is 4.68 Å². The monoisotopic (exact) mass is 381 g/mol. The van der Waals surface area contributed by atoms with Crippen LogP contribution in [0.25, 0.3) is 22.3 Å². The summed E-state index contributed by atoms with van der Waals surface area (Å²) in [6.45, 7) is 3.49. The van der Waals surface area contributed by atoms with E-state index in [1.165, 1.54) is 6.33 Å². The molecule has 0 aliphatic carbocycles. The number of fused-ring (bicyclic) bond motifs is 1. The van der Waals surface area contributed by atoms with E-state index >= 15 is 0 Å². The number of rotatable bonds is 6. The summed E-state index contributed by atoms with van der Waals surface area (Å²) < 4.78 is 8.81. The van der Waals surface area contributed by atoms with Crippen molar-refractivity contribution in [2.24, 2.45) is 5.92 Å². The summed E-state index contributed by atoms with van der Waals surface area (Å²) in [5.74, 6) is 0.739. The first-order valence-corrected chi connectivity index (χ1v) is 9.33. The normalized spacial score (nSPS) is 17.1. The molecule has 10 nitrogen and oxygen atoms in total. The first-order chi connectivity index (χ1) is 13.7. The number of aromatic nitrogens is 6. The number of hydrogen-bond donors (Lipinski definition) is 1. The van der Waals surface area contributed by atoms with Gasteiger partial charge in [0.25, 0.3) is 0 Å². The molecule has 0 bridgehead atoms. The van der Waals surface area contributed by atoms with E-state index in [0.29, 0.717) is 37.1 Å².